The van der Waals surface area contributed by atoms with Gasteiger partial charge in [0.1, 0.15) is 0 Å². The Balaban J connectivity index is 2.96. The van der Waals surface area contributed by atoms with E-state index in [1.54, 1.807) is 0 Å². The highest BCUT2D eigenvalue weighted by Gasteiger charge is 2.15. The van der Waals surface area contributed by atoms with E-state index < -0.39 is 10.8 Å². The standard InChI is InChI=1S/C10H11N3O4/c1-17-10-8(13(15)16)5-7(6-12-10)3-2-4-9(11)14/h2-3,5-6H,4H2,1H3,(H2,11,14). The van der Waals surface area contributed by atoms with E-state index in [0.29, 0.717) is 5.56 Å². The van der Waals surface area contributed by atoms with Crippen LogP contribution in [0.15, 0.2) is 18.3 Å². The van der Waals surface area contributed by atoms with Crippen LogP contribution in [0.4, 0.5) is 5.69 Å². The van der Waals surface area contributed by atoms with Crippen molar-refractivity contribution in [1.29, 1.82) is 0 Å². The number of rotatable bonds is 5. The second-order valence-corrected chi connectivity index (χ2v) is 3.13. The molecule has 0 saturated carbocycles. The number of nitrogens with zero attached hydrogens (tertiary/aromatic N) is 2. The smallest absolute Gasteiger partial charge is 0.331 e. The molecule has 7 nitrogen and oxygen atoms in total. The third-order valence-corrected chi connectivity index (χ3v) is 1.87. The summed E-state index contributed by atoms with van der Waals surface area (Å²) in [5.74, 6) is -0.528. The minimum Gasteiger partial charge on any atom is -0.476 e. The van der Waals surface area contributed by atoms with Crippen molar-refractivity contribution in [2.75, 3.05) is 7.11 Å². The molecule has 0 atom stereocenters. The van der Waals surface area contributed by atoms with Crippen LogP contribution in [0.5, 0.6) is 5.88 Å². The van der Waals surface area contributed by atoms with E-state index in [9.17, 15) is 14.9 Å². The van der Waals surface area contributed by atoms with Gasteiger partial charge in [-0.15, -0.1) is 0 Å². The number of pyridine rings is 1. The number of amides is 1. The molecule has 0 spiro atoms. The first-order valence-corrected chi connectivity index (χ1v) is 4.68. The lowest BCUT2D eigenvalue weighted by Gasteiger charge is -2.00. The van der Waals surface area contributed by atoms with Gasteiger partial charge in [0.25, 0.3) is 5.88 Å². The number of hydrogen-bond donors (Lipinski definition) is 1. The molecule has 1 amide bonds. The normalized spacial score (nSPS) is 10.4. The quantitative estimate of drug-likeness (QED) is 0.604. The molecule has 0 bridgehead atoms. The third-order valence-electron chi connectivity index (χ3n) is 1.87. The van der Waals surface area contributed by atoms with E-state index in [0.717, 1.165) is 0 Å². The van der Waals surface area contributed by atoms with Crippen LogP contribution in [0.3, 0.4) is 0 Å². The Hall–Kier alpha value is -2.44. The molecule has 7 heteroatoms. The lowest BCUT2D eigenvalue weighted by molar-refractivity contribution is -0.386. The molecule has 2 N–H and O–H groups in total. The maximum atomic E-state index is 10.7. The van der Waals surface area contributed by atoms with E-state index >= 15 is 0 Å². The topological polar surface area (TPSA) is 108 Å². The number of primary amides is 1. The second kappa shape index (κ2) is 5.59. The van der Waals surface area contributed by atoms with Crippen molar-refractivity contribution in [1.82, 2.24) is 4.98 Å². The molecule has 0 unspecified atom stereocenters. The molecule has 0 radical (unpaired) electrons. The molecule has 1 aromatic heterocycles. The van der Waals surface area contributed by atoms with Gasteiger partial charge in [-0.2, -0.15) is 0 Å². The number of nitro groups is 1. The van der Waals surface area contributed by atoms with Crippen molar-refractivity contribution in [3.05, 3.63) is 34.0 Å². The molecule has 0 aliphatic carbocycles. The van der Waals surface area contributed by atoms with Gasteiger partial charge in [0, 0.05) is 18.7 Å². The summed E-state index contributed by atoms with van der Waals surface area (Å²) in [4.78, 5) is 24.4. The highest BCUT2D eigenvalue weighted by molar-refractivity contribution is 5.76. The predicted octanol–water partition coefficient (Wildman–Crippen LogP) is 0.887. The average molecular weight is 237 g/mol. The molecule has 0 aromatic carbocycles. The van der Waals surface area contributed by atoms with E-state index in [-0.39, 0.29) is 18.0 Å². The largest absolute Gasteiger partial charge is 0.476 e. The third kappa shape index (κ3) is 3.56. The summed E-state index contributed by atoms with van der Waals surface area (Å²) >= 11 is 0. The van der Waals surface area contributed by atoms with Gasteiger partial charge in [-0.05, 0) is 5.56 Å². The van der Waals surface area contributed by atoms with Crippen LogP contribution < -0.4 is 10.5 Å². The Bertz CT molecular complexity index is 471. The fourth-order valence-corrected chi connectivity index (χ4v) is 1.15. The zero-order valence-corrected chi connectivity index (χ0v) is 9.12. The minimum absolute atomic E-state index is 0.0537. The zero-order valence-electron chi connectivity index (χ0n) is 9.12. The summed E-state index contributed by atoms with van der Waals surface area (Å²) in [5.41, 5.74) is 5.22. The summed E-state index contributed by atoms with van der Waals surface area (Å²) in [7, 11) is 1.30. The zero-order chi connectivity index (χ0) is 12.8. The summed E-state index contributed by atoms with van der Waals surface area (Å²) in [6.45, 7) is 0. The van der Waals surface area contributed by atoms with Crippen LogP contribution in [0.1, 0.15) is 12.0 Å². The average Bonchev–Trinajstić information content (AvgIpc) is 2.28. The lowest BCUT2D eigenvalue weighted by Crippen LogP contribution is -2.07. The molecule has 1 aromatic rings. The van der Waals surface area contributed by atoms with Crippen LogP contribution in [0.25, 0.3) is 6.08 Å². The second-order valence-electron chi connectivity index (χ2n) is 3.13. The fourth-order valence-electron chi connectivity index (χ4n) is 1.15. The molecule has 0 aliphatic heterocycles. The van der Waals surface area contributed by atoms with Gasteiger partial charge in [0.05, 0.1) is 12.0 Å². The number of methoxy groups -OCH3 is 1. The number of hydrogen-bond acceptors (Lipinski definition) is 5. The summed E-state index contributed by atoms with van der Waals surface area (Å²) in [5, 5.41) is 10.7. The summed E-state index contributed by atoms with van der Waals surface area (Å²) < 4.78 is 4.75. The van der Waals surface area contributed by atoms with Gasteiger partial charge in [-0.25, -0.2) is 4.98 Å². The van der Waals surface area contributed by atoms with Crippen molar-refractivity contribution in [3.8, 4) is 5.88 Å². The van der Waals surface area contributed by atoms with E-state index in [4.69, 9.17) is 10.5 Å². The maximum Gasteiger partial charge on any atom is 0.331 e. The number of nitrogens with two attached hydrogens (primary N) is 1. The molecule has 0 saturated heterocycles. The molecule has 0 fully saturated rings. The van der Waals surface area contributed by atoms with E-state index in [2.05, 4.69) is 4.98 Å². The molecule has 1 rings (SSSR count). The Labute approximate surface area is 97.1 Å². The van der Waals surface area contributed by atoms with Gasteiger partial charge in [-0.1, -0.05) is 12.2 Å². The molecule has 17 heavy (non-hydrogen) atoms. The monoisotopic (exact) mass is 237 g/mol. The molecule has 0 aliphatic rings. The highest BCUT2D eigenvalue weighted by Crippen LogP contribution is 2.24. The summed E-state index contributed by atoms with van der Waals surface area (Å²) in [6, 6.07) is 1.31. The van der Waals surface area contributed by atoms with Crippen LogP contribution in [-0.4, -0.2) is 22.9 Å². The van der Waals surface area contributed by atoms with Crippen molar-refractivity contribution in [3.63, 3.8) is 0 Å². The number of aromatic nitrogens is 1. The SMILES string of the molecule is COc1ncc(C=CCC(N)=O)cc1[N+](=O)[O-]. The Morgan fingerprint density at radius 1 is 1.71 bits per heavy atom. The lowest BCUT2D eigenvalue weighted by atomic mass is 10.2. The molecular formula is C10H11N3O4. The number of carbonyl (C=O) groups is 1. The van der Waals surface area contributed by atoms with Crippen LogP contribution in [0, 0.1) is 10.1 Å². The van der Waals surface area contributed by atoms with Crippen molar-refractivity contribution >= 4 is 17.7 Å². The van der Waals surface area contributed by atoms with Crippen molar-refractivity contribution in [2.24, 2.45) is 5.73 Å². The van der Waals surface area contributed by atoms with Crippen molar-refractivity contribution in [2.45, 2.75) is 6.42 Å². The molecular weight excluding hydrogens is 226 g/mol. The number of carbonyl (C=O) groups excluding carboxylic acids is 1. The summed E-state index contributed by atoms with van der Waals surface area (Å²) in [6.07, 6.45) is 4.52. The maximum absolute atomic E-state index is 10.7. The fraction of sp³-hybridized carbons (Fsp3) is 0.200. The Morgan fingerprint density at radius 3 is 2.94 bits per heavy atom. The van der Waals surface area contributed by atoms with E-state index in [1.807, 2.05) is 0 Å². The van der Waals surface area contributed by atoms with Gasteiger partial charge in [0.2, 0.25) is 5.91 Å². The number of ether oxygens (including phenoxy) is 1. The van der Waals surface area contributed by atoms with E-state index in [1.165, 1.54) is 31.5 Å². The Morgan fingerprint density at radius 2 is 2.41 bits per heavy atom. The van der Waals surface area contributed by atoms with Gasteiger partial charge >= 0.3 is 5.69 Å². The minimum atomic E-state index is -0.586. The van der Waals surface area contributed by atoms with Crippen LogP contribution >= 0.6 is 0 Å². The van der Waals surface area contributed by atoms with Crippen LogP contribution in [-0.2, 0) is 4.79 Å². The van der Waals surface area contributed by atoms with Crippen LogP contribution in [0.2, 0.25) is 0 Å². The molecule has 90 valence electrons. The van der Waals surface area contributed by atoms with Crippen molar-refractivity contribution < 1.29 is 14.5 Å². The first-order valence-electron chi connectivity index (χ1n) is 4.68. The predicted molar refractivity (Wildman–Crippen MR) is 60.3 cm³/mol. The Kier molecular flexibility index (Phi) is 4.15. The first-order chi connectivity index (χ1) is 8.04. The molecule has 1 heterocycles. The highest BCUT2D eigenvalue weighted by atomic mass is 16.6. The van der Waals surface area contributed by atoms with Gasteiger partial charge < -0.3 is 10.5 Å². The first kappa shape index (κ1) is 12.6. The van der Waals surface area contributed by atoms with Gasteiger partial charge in [-0.3, -0.25) is 14.9 Å². The van der Waals surface area contributed by atoms with Gasteiger partial charge in [0.15, 0.2) is 0 Å².